The van der Waals surface area contributed by atoms with Crippen molar-refractivity contribution in [2.75, 3.05) is 13.1 Å². The minimum absolute atomic E-state index is 0.630. The first-order valence-electron chi connectivity index (χ1n) is 8.35. The minimum Gasteiger partial charge on any atom is -0.423 e. The molecule has 1 saturated carbocycles. The number of benzene rings is 1. The molecule has 0 atom stereocenters. The van der Waals surface area contributed by atoms with Gasteiger partial charge in [-0.05, 0) is 55.2 Å². The molecule has 0 bridgehead atoms. The van der Waals surface area contributed by atoms with Gasteiger partial charge in [0.15, 0.2) is 0 Å². The molecule has 1 saturated heterocycles. The van der Waals surface area contributed by atoms with E-state index in [1.165, 1.54) is 44.9 Å². The first-order valence-corrected chi connectivity index (χ1v) is 8.35. The Kier molecular flexibility index (Phi) is 4.67. The van der Waals surface area contributed by atoms with Crippen LogP contribution in [0.1, 0.15) is 50.5 Å². The lowest BCUT2D eigenvalue weighted by Gasteiger charge is -2.44. The lowest BCUT2D eigenvalue weighted by atomic mass is 9.68. The third-order valence-electron chi connectivity index (χ3n) is 5.56. The van der Waals surface area contributed by atoms with Gasteiger partial charge in [0, 0.05) is 6.54 Å². The van der Waals surface area contributed by atoms with Crippen molar-refractivity contribution in [3.8, 4) is 0 Å². The van der Waals surface area contributed by atoms with Crippen molar-refractivity contribution in [1.82, 2.24) is 4.90 Å². The van der Waals surface area contributed by atoms with Crippen LogP contribution in [0, 0.1) is 5.41 Å². The van der Waals surface area contributed by atoms with Crippen molar-refractivity contribution in [1.29, 1.82) is 0 Å². The Bertz CT molecular complexity index is 462. The average Bonchev–Trinajstić information content (AvgIpc) is 2.51. The van der Waals surface area contributed by atoms with E-state index in [-0.39, 0.29) is 0 Å². The Labute approximate surface area is 128 Å². The fourth-order valence-electron chi connectivity index (χ4n) is 4.16. The van der Waals surface area contributed by atoms with Crippen molar-refractivity contribution >= 4 is 12.6 Å². The maximum absolute atomic E-state index is 9.47. The zero-order chi connectivity index (χ0) is 14.7. The number of piperidine rings is 1. The van der Waals surface area contributed by atoms with Gasteiger partial charge in [0.1, 0.15) is 0 Å². The first kappa shape index (κ1) is 15.1. The quantitative estimate of drug-likeness (QED) is 0.835. The Morgan fingerprint density at radius 1 is 0.952 bits per heavy atom. The Hall–Kier alpha value is -0.835. The van der Waals surface area contributed by atoms with Crippen LogP contribution in [-0.2, 0) is 6.54 Å². The second kappa shape index (κ2) is 6.51. The van der Waals surface area contributed by atoms with Gasteiger partial charge in [-0.3, -0.25) is 4.90 Å². The second-order valence-electron chi connectivity index (χ2n) is 6.91. The molecular formula is C17H26BNO2. The van der Waals surface area contributed by atoms with Crippen LogP contribution in [0.25, 0.3) is 0 Å². The summed E-state index contributed by atoms with van der Waals surface area (Å²) in [5, 5.41) is 18.9. The van der Waals surface area contributed by atoms with Gasteiger partial charge in [0.25, 0.3) is 0 Å². The van der Waals surface area contributed by atoms with E-state index in [9.17, 15) is 10.0 Å². The summed E-state index contributed by atoms with van der Waals surface area (Å²) in [4.78, 5) is 2.47. The molecule has 1 heterocycles. The summed E-state index contributed by atoms with van der Waals surface area (Å²) in [5.74, 6) is 0. The van der Waals surface area contributed by atoms with Gasteiger partial charge in [0.2, 0.25) is 0 Å². The largest absolute Gasteiger partial charge is 0.488 e. The molecule has 4 heteroatoms. The number of hydrogen-bond donors (Lipinski definition) is 2. The molecule has 0 unspecified atom stereocenters. The molecule has 0 radical (unpaired) electrons. The lowest BCUT2D eigenvalue weighted by molar-refractivity contribution is 0.0642. The van der Waals surface area contributed by atoms with E-state index in [2.05, 4.69) is 4.90 Å². The van der Waals surface area contributed by atoms with E-state index in [0.717, 1.165) is 25.2 Å². The number of rotatable bonds is 3. The topological polar surface area (TPSA) is 43.7 Å². The molecule has 1 aliphatic heterocycles. The van der Waals surface area contributed by atoms with Crippen LogP contribution in [-0.4, -0.2) is 35.2 Å². The summed E-state index contributed by atoms with van der Waals surface area (Å²) in [6, 6.07) is 7.67. The molecule has 0 aromatic heterocycles. The molecular weight excluding hydrogens is 261 g/mol. The van der Waals surface area contributed by atoms with Crippen LogP contribution in [0.15, 0.2) is 24.3 Å². The fraction of sp³-hybridized carbons (Fsp3) is 0.647. The average molecular weight is 287 g/mol. The molecule has 21 heavy (non-hydrogen) atoms. The summed E-state index contributed by atoms with van der Waals surface area (Å²) in [5.41, 5.74) is 2.33. The van der Waals surface area contributed by atoms with Crippen LogP contribution in [0.2, 0.25) is 0 Å². The summed E-state index contributed by atoms with van der Waals surface area (Å²) >= 11 is 0. The molecule has 2 fully saturated rings. The number of nitrogens with zero attached hydrogens (tertiary/aromatic N) is 1. The summed E-state index contributed by atoms with van der Waals surface area (Å²) in [6.45, 7) is 3.13. The fourth-order valence-corrected chi connectivity index (χ4v) is 4.16. The SMILES string of the molecule is OB(O)c1ccccc1CN1CCC2(CCCCC2)CC1. The molecule has 3 rings (SSSR count). The highest BCUT2D eigenvalue weighted by Gasteiger charge is 2.35. The van der Waals surface area contributed by atoms with Gasteiger partial charge in [-0.2, -0.15) is 0 Å². The van der Waals surface area contributed by atoms with Gasteiger partial charge in [-0.25, -0.2) is 0 Å². The van der Waals surface area contributed by atoms with Crippen LogP contribution in [0.4, 0.5) is 0 Å². The molecule has 3 nitrogen and oxygen atoms in total. The van der Waals surface area contributed by atoms with Crippen molar-refractivity contribution < 1.29 is 10.0 Å². The maximum atomic E-state index is 9.47. The van der Waals surface area contributed by atoms with Gasteiger partial charge < -0.3 is 10.0 Å². The van der Waals surface area contributed by atoms with Crippen LogP contribution in [0.5, 0.6) is 0 Å². The van der Waals surface area contributed by atoms with Crippen LogP contribution in [0.3, 0.4) is 0 Å². The minimum atomic E-state index is -1.37. The molecule has 1 aromatic rings. The molecule has 1 spiro atoms. The van der Waals surface area contributed by atoms with E-state index in [1.807, 2.05) is 24.3 Å². The van der Waals surface area contributed by atoms with Crippen molar-refractivity contribution in [2.24, 2.45) is 5.41 Å². The third-order valence-corrected chi connectivity index (χ3v) is 5.56. The third kappa shape index (κ3) is 3.50. The van der Waals surface area contributed by atoms with Crippen molar-refractivity contribution in [3.63, 3.8) is 0 Å². The highest BCUT2D eigenvalue weighted by Crippen LogP contribution is 2.44. The zero-order valence-electron chi connectivity index (χ0n) is 12.8. The smallest absolute Gasteiger partial charge is 0.423 e. The van der Waals surface area contributed by atoms with E-state index in [1.54, 1.807) is 0 Å². The van der Waals surface area contributed by atoms with Crippen LogP contribution < -0.4 is 5.46 Å². The van der Waals surface area contributed by atoms with Crippen molar-refractivity contribution in [3.05, 3.63) is 29.8 Å². The predicted molar refractivity (Wildman–Crippen MR) is 86.3 cm³/mol. The van der Waals surface area contributed by atoms with Crippen LogP contribution >= 0.6 is 0 Å². The Balaban J connectivity index is 1.60. The summed E-state index contributed by atoms with van der Waals surface area (Å²) in [6.07, 6.45) is 9.74. The molecule has 0 amide bonds. The van der Waals surface area contributed by atoms with Crippen molar-refractivity contribution in [2.45, 2.75) is 51.5 Å². The monoisotopic (exact) mass is 287 g/mol. The molecule has 2 N–H and O–H groups in total. The molecule has 1 aliphatic carbocycles. The Morgan fingerprint density at radius 2 is 1.62 bits per heavy atom. The van der Waals surface area contributed by atoms with Gasteiger partial charge in [-0.15, -0.1) is 0 Å². The second-order valence-corrected chi connectivity index (χ2v) is 6.91. The highest BCUT2D eigenvalue weighted by molar-refractivity contribution is 6.59. The molecule has 2 aliphatic rings. The van der Waals surface area contributed by atoms with Gasteiger partial charge in [-0.1, -0.05) is 43.5 Å². The van der Waals surface area contributed by atoms with Gasteiger partial charge in [0.05, 0.1) is 0 Å². The standard InChI is InChI=1S/C17H26BNO2/c20-18(21)16-7-3-2-6-15(16)14-19-12-10-17(11-13-19)8-4-1-5-9-17/h2-3,6-7,20-21H,1,4-5,8-14H2. The van der Waals surface area contributed by atoms with E-state index in [0.29, 0.717) is 10.9 Å². The number of likely N-dealkylation sites (tertiary alicyclic amines) is 1. The van der Waals surface area contributed by atoms with E-state index in [4.69, 9.17) is 0 Å². The zero-order valence-corrected chi connectivity index (χ0v) is 12.8. The lowest BCUT2D eigenvalue weighted by Crippen LogP contribution is -2.42. The molecule has 1 aromatic carbocycles. The summed E-state index contributed by atoms with van der Waals surface area (Å²) in [7, 11) is -1.37. The number of hydrogen-bond acceptors (Lipinski definition) is 3. The summed E-state index contributed by atoms with van der Waals surface area (Å²) < 4.78 is 0. The van der Waals surface area contributed by atoms with E-state index >= 15 is 0 Å². The highest BCUT2D eigenvalue weighted by atomic mass is 16.4. The maximum Gasteiger partial charge on any atom is 0.488 e. The predicted octanol–water partition coefficient (Wildman–Crippen LogP) is 1.91. The van der Waals surface area contributed by atoms with E-state index < -0.39 is 7.12 Å². The normalized spacial score (nSPS) is 22.4. The first-order chi connectivity index (χ1) is 10.2. The van der Waals surface area contributed by atoms with Gasteiger partial charge >= 0.3 is 7.12 Å². The molecule has 114 valence electrons. The Morgan fingerprint density at radius 3 is 2.29 bits per heavy atom.